The SMILES string of the molecule is CC[NH+](CC(=O)N1N=C(c2ccc(OC)cc2)C[C@@H]1c1ccco1)Cc1ccccc1. The maximum Gasteiger partial charge on any atom is 0.298 e. The van der Waals surface area contributed by atoms with E-state index in [1.54, 1.807) is 18.4 Å². The van der Waals surface area contributed by atoms with Crippen molar-refractivity contribution in [3.63, 3.8) is 0 Å². The molecule has 0 aliphatic carbocycles. The van der Waals surface area contributed by atoms with Gasteiger partial charge in [-0.2, -0.15) is 5.10 Å². The van der Waals surface area contributed by atoms with Gasteiger partial charge in [-0.15, -0.1) is 0 Å². The van der Waals surface area contributed by atoms with Crippen LogP contribution in [0.15, 0.2) is 82.5 Å². The van der Waals surface area contributed by atoms with Crippen LogP contribution in [0.2, 0.25) is 0 Å². The fraction of sp³-hybridized carbons (Fsp3) is 0.280. The van der Waals surface area contributed by atoms with Crippen molar-refractivity contribution in [1.82, 2.24) is 5.01 Å². The highest BCUT2D eigenvalue weighted by atomic mass is 16.5. The Bertz CT molecular complexity index is 1010. The average Bonchev–Trinajstić information content (AvgIpc) is 3.49. The maximum atomic E-state index is 13.3. The fourth-order valence-corrected chi connectivity index (χ4v) is 3.89. The van der Waals surface area contributed by atoms with Crippen LogP contribution in [-0.4, -0.2) is 36.8 Å². The molecule has 3 aromatic rings. The van der Waals surface area contributed by atoms with E-state index < -0.39 is 0 Å². The number of nitrogens with one attached hydrogen (secondary N) is 1. The van der Waals surface area contributed by atoms with Crippen LogP contribution in [0.5, 0.6) is 5.75 Å². The summed E-state index contributed by atoms with van der Waals surface area (Å²) in [6.07, 6.45) is 2.26. The van der Waals surface area contributed by atoms with Crippen molar-refractivity contribution in [2.24, 2.45) is 5.10 Å². The van der Waals surface area contributed by atoms with Crippen molar-refractivity contribution in [3.8, 4) is 5.75 Å². The van der Waals surface area contributed by atoms with E-state index in [2.05, 4.69) is 19.1 Å². The molecule has 0 saturated heterocycles. The van der Waals surface area contributed by atoms with Gasteiger partial charge in [0, 0.05) is 12.0 Å². The number of hydrogen-bond donors (Lipinski definition) is 1. The zero-order chi connectivity index (χ0) is 21.6. The number of carbonyl (C=O) groups is 1. The normalized spacial score (nSPS) is 16.8. The molecule has 1 aliphatic rings. The molecule has 1 unspecified atom stereocenters. The lowest BCUT2D eigenvalue weighted by molar-refractivity contribution is -0.904. The highest BCUT2D eigenvalue weighted by molar-refractivity contribution is 6.03. The molecule has 4 rings (SSSR count). The van der Waals surface area contributed by atoms with Gasteiger partial charge in [0.05, 0.1) is 25.6 Å². The van der Waals surface area contributed by atoms with Gasteiger partial charge in [-0.25, -0.2) is 5.01 Å². The van der Waals surface area contributed by atoms with E-state index in [4.69, 9.17) is 14.3 Å². The van der Waals surface area contributed by atoms with E-state index >= 15 is 0 Å². The predicted molar refractivity (Wildman–Crippen MR) is 119 cm³/mol. The van der Waals surface area contributed by atoms with Gasteiger partial charge < -0.3 is 14.1 Å². The third kappa shape index (κ3) is 4.86. The summed E-state index contributed by atoms with van der Waals surface area (Å²) in [6, 6.07) is 21.6. The molecule has 0 radical (unpaired) electrons. The Kier molecular flexibility index (Phi) is 6.48. The number of likely N-dealkylation sites (N-methyl/N-ethyl adjacent to an activating group) is 1. The van der Waals surface area contributed by atoms with E-state index in [1.165, 1.54) is 10.5 Å². The Morgan fingerprint density at radius 3 is 2.55 bits per heavy atom. The summed E-state index contributed by atoms with van der Waals surface area (Å²) >= 11 is 0. The number of ether oxygens (including phenoxy) is 1. The molecule has 160 valence electrons. The van der Waals surface area contributed by atoms with Crippen LogP contribution in [0.25, 0.3) is 0 Å². The molecule has 1 aromatic heterocycles. The van der Waals surface area contributed by atoms with Gasteiger partial charge in [0.15, 0.2) is 6.54 Å². The number of hydrogen-bond acceptors (Lipinski definition) is 4. The van der Waals surface area contributed by atoms with Crippen molar-refractivity contribution in [1.29, 1.82) is 0 Å². The number of methoxy groups -OCH3 is 1. The standard InChI is InChI=1S/C25H27N3O3/c1-3-27(17-19-8-5-4-6-9-19)18-25(29)28-23(24-10-7-15-31-24)16-22(26-28)20-11-13-21(30-2)14-12-20/h4-15,23H,3,16-18H2,1-2H3/p+1/t23-/m1/s1. The van der Waals surface area contributed by atoms with E-state index in [0.29, 0.717) is 13.0 Å². The smallest absolute Gasteiger partial charge is 0.298 e. The summed E-state index contributed by atoms with van der Waals surface area (Å²) in [7, 11) is 1.65. The number of quaternary nitrogens is 1. The van der Waals surface area contributed by atoms with Crippen LogP contribution in [0.1, 0.15) is 36.3 Å². The number of rotatable bonds is 8. The second kappa shape index (κ2) is 9.62. The summed E-state index contributed by atoms with van der Waals surface area (Å²) in [6.45, 7) is 4.14. The molecule has 1 aliphatic heterocycles. The Morgan fingerprint density at radius 2 is 1.90 bits per heavy atom. The van der Waals surface area contributed by atoms with Gasteiger partial charge in [0.25, 0.3) is 5.91 Å². The van der Waals surface area contributed by atoms with Gasteiger partial charge in [0.1, 0.15) is 24.1 Å². The monoisotopic (exact) mass is 418 g/mol. The highest BCUT2D eigenvalue weighted by Gasteiger charge is 2.36. The Hall–Kier alpha value is -3.38. The Labute approximate surface area is 182 Å². The van der Waals surface area contributed by atoms with Crippen molar-refractivity contribution >= 4 is 11.6 Å². The lowest BCUT2D eigenvalue weighted by atomic mass is 10.0. The largest absolute Gasteiger partial charge is 0.497 e. The summed E-state index contributed by atoms with van der Waals surface area (Å²) in [5.74, 6) is 1.54. The van der Waals surface area contributed by atoms with Gasteiger partial charge in [-0.3, -0.25) is 4.79 Å². The quantitative estimate of drug-likeness (QED) is 0.612. The number of carbonyl (C=O) groups excluding carboxylic acids is 1. The molecule has 6 nitrogen and oxygen atoms in total. The first-order valence-corrected chi connectivity index (χ1v) is 10.6. The number of furan rings is 1. The Balaban J connectivity index is 1.54. The summed E-state index contributed by atoms with van der Waals surface area (Å²) in [5, 5.41) is 6.34. The van der Waals surface area contributed by atoms with Crippen molar-refractivity contribution in [2.75, 3.05) is 20.2 Å². The van der Waals surface area contributed by atoms with Crippen LogP contribution in [0.4, 0.5) is 0 Å². The van der Waals surface area contributed by atoms with Crippen LogP contribution < -0.4 is 9.64 Å². The molecule has 31 heavy (non-hydrogen) atoms. The molecule has 6 heteroatoms. The van der Waals surface area contributed by atoms with E-state index in [1.807, 2.05) is 54.6 Å². The zero-order valence-corrected chi connectivity index (χ0v) is 18.0. The highest BCUT2D eigenvalue weighted by Crippen LogP contribution is 2.33. The maximum absolute atomic E-state index is 13.3. The fourth-order valence-electron chi connectivity index (χ4n) is 3.89. The number of benzene rings is 2. The van der Waals surface area contributed by atoms with Crippen molar-refractivity contribution < 1.29 is 18.8 Å². The predicted octanol–water partition coefficient (Wildman–Crippen LogP) is 3.07. The minimum atomic E-state index is -0.227. The van der Waals surface area contributed by atoms with Crippen LogP contribution in [-0.2, 0) is 11.3 Å². The minimum absolute atomic E-state index is 0.00214. The molecule has 0 fully saturated rings. The summed E-state index contributed by atoms with van der Waals surface area (Å²) < 4.78 is 10.9. The van der Waals surface area contributed by atoms with Crippen LogP contribution >= 0.6 is 0 Å². The lowest BCUT2D eigenvalue weighted by Gasteiger charge is -2.23. The molecular weight excluding hydrogens is 390 g/mol. The topological polar surface area (TPSA) is 59.5 Å². The van der Waals surface area contributed by atoms with Gasteiger partial charge in [-0.05, 0) is 48.9 Å². The molecule has 1 amide bonds. The molecule has 0 spiro atoms. The third-order valence-corrected chi connectivity index (χ3v) is 5.66. The van der Waals surface area contributed by atoms with Gasteiger partial charge in [0.2, 0.25) is 0 Å². The number of amides is 1. The molecule has 2 heterocycles. The van der Waals surface area contributed by atoms with Crippen LogP contribution in [0, 0.1) is 0 Å². The second-order valence-electron chi connectivity index (χ2n) is 7.69. The lowest BCUT2D eigenvalue weighted by Crippen LogP contribution is -3.11. The van der Waals surface area contributed by atoms with Gasteiger partial charge >= 0.3 is 0 Å². The first kappa shape index (κ1) is 20.9. The van der Waals surface area contributed by atoms with Crippen molar-refractivity contribution in [2.45, 2.75) is 25.9 Å². The van der Waals surface area contributed by atoms with Gasteiger partial charge in [-0.1, -0.05) is 30.3 Å². The summed E-state index contributed by atoms with van der Waals surface area (Å²) in [5.41, 5.74) is 3.08. The zero-order valence-electron chi connectivity index (χ0n) is 18.0. The molecule has 2 aromatic carbocycles. The third-order valence-electron chi connectivity index (χ3n) is 5.66. The molecule has 2 atom stereocenters. The molecule has 1 N–H and O–H groups in total. The number of hydrazone groups is 1. The van der Waals surface area contributed by atoms with Crippen LogP contribution in [0.3, 0.4) is 0 Å². The first-order chi connectivity index (χ1) is 15.2. The van der Waals surface area contributed by atoms with Crippen molar-refractivity contribution in [3.05, 3.63) is 89.9 Å². The Morgan fingerprint density at radius 1 is 1.13 bits per heavy atom. The molecular formula is C25H28N3O3+. The summed E-state index contributed by atoms with van der Waals surface area (Å²) in [4.78, 5) is 14.5. The second-order valence-corrected chi connectivity index (χ2v) is 7.69. The van der Waals surface area contributed by atoms with E-state index in [-0.39, 0.29) is 11.9 Å². The van der Waals surface area contributed by atoms with E-state index in [0.717, 1.165) is 35.9 Å². The number of nitrogens with zero attached hydrogens (tertiary/aromatic N) is 2. The average molecular weight is 419 g/mol. The minimum Gasteiger partial charge on any atom is -0.497 e. The molecule has 0 bridgehead atoms. The molecule has 0 saturated carbocycles. The van der Waals surface area contributed by atoms with E-state index in [9.17, 15) is 4.79 Å². The first-order valence-electron chi connectivity index (χ1n) is 10.6.